The third-order valence-electron chi connectivity index (χ3n) is 6.23. The van der Waals surface area contributed by atoms with Crippen molar-refractivity contribution in [1.29, 1.82) is 0 Å². The summed E-state index contributed by atoms with van der Waals surface area (Å²) in [7, 11) is 8.83. The van der Waals surface area contributed by atoms with Crippen LogP contribution in [-0.4, -0.2) is 70.1 Å². The van der Waals surface area contributed by atoms with E-state index in [2.05, 4.69) is 27.3 Å². The van der Waals surface area contributed by atoms with Crippen molar-refractivity contribution >= 4 is 35.8 Å². The molecule has 2 aliphatic rings. The Bertz CT molecular complexity index is 776. The summed E-state index contributed by atoms with van der Waals surface area (Å²) in [6.07, 6.45) is 5.01. The molecule has 0 radical (unpaired) electrons. The normalized spacial score (nSPS) is 17.6. The van der Waals surface area contributed by atoms with E-state index >= 15 is 0 Å². The van der Waals surface area contributed by atoms with Gasteiger partial charge in [-0.1, -0.05) is 12.8 Å². The molecule has 3 rings (SSSR count). The van der Waals surface area contributed by atoms with Gasteiger partial charge in [-0.05, 0) is 42.5 Å². The van der Waals surface area contributed by atoms with E-state index in [1.807, 2.05) is 21.1 Å². The summed E-state index contributed by atoms with van der Waals surface area (Å²) in [5, 5.41) is 3.51. The number of carbonyl (C=O) groups excluding carboxylic acids is 1. The van der Waals surface area contributed by atoms with Gasteiger partial charge in [-0.25, -0.2) is 0 Å². The molecule has 0 bridgehead atoms. The van der Waals surface area contributed by atoms with Gasteiger partial charge < -0.3 is 24.6 Å². The molecule has 0 aromatic heterocycles. The minimum absolute atomic E-state index is 0. The van der Waals surface area contributed by atoms with E-state index in [1.165, 1.54) is 11.1 Å². The fourth-order valence-electron chi connectivity index (χ4n) is 4.64. The third kappa shape index (κ3) is 4.95. The molecule has 8 heteroatoms. The molecule has 1 heterocycles. The van der Waals surface area contributed by atoms with Crippen LogP contribution in [0, 0.1) is 5.41 Å². The van der Waals surface area contributed by atoms with Gasteiger partial charge in [-0.3, -0.25) is 9.79 Å². The minimum Gasteiger partial charge on any atom is -0.493 e. The maximum atomic E-state index is 12.8. The highest BCUT2D eigenvalue weighted by molar-refractivity contribution is 14.0. The van der Waals surface area contributed by atoms with E-state index in [1.54, 1.807) is 19.1 Å². The molecule has 7 nitrogen and oxygen atoms in total. The van der Waals surface area contributed by atoms with Gasteiger partial charge in [0.05, 0.1) is 19.6 Å². The van der Waals surface area contributed by atoms with Crippen LogP contribution >= 0.6 is 24.0 Å². The molecule has 0 atom stereocenters. The van der Waals surface area contributed by atoms with Crippen molar-refractivity contribution in [2.75, 3.05) is 48.5 Å². The highest BCUT2D eigenvalue weighted by Crippen LogP contribution is 2.39. The second-order valence-electron chi connectivity index (χ2n) is 8.24. The summed E-state index contributed by atoms with van der Waals surface area (Å²) in [5.74, 6) is 2.59. The maximum Gasteiger partial charge on any atom is 0.230 e. The average molecular weight is 530 g/mol. The van der Waals surface area contributed by atoms with Crippen LogP contribution in [0.4, 0.5) is 0 Å². The van der Waals surface area contributed by atoms with Crippen LogP contribution in [0.5, 0.6) is 11.5 Å². The van der Waals surface area contributed by atoms with Crippen molar-refractivity contribution in [2.45, 2.75) is 38.6 Å². The van der Waals surface area contributed by atoms with Crippen molar-refractivity contribution < 1.29 is 14.3 Å². The van der Waals surface area contributed by atoms with Gasteiger partial charge in [0.1, 0.15) is 0 Å². The largest absolute Gasteiger partial charge is 0.493 e. The summed E-state index contributed by atoms with van der Waals surface area (Å²) in [6.45, 7) is 2.26. The highest BCUT2D eigenvalue weighted by atomic mass is 127. The van der Waals surface area contributed by atoms with E-state index in [9.17, 15) is 4.79 Å². The third-order valence-corrected chi connectivity index (χ3v) is 6.23. The van der Waals surface area contributed by atoms with Crippen LogP contribution in [0.2, 0.25) is 0 Å². The topological polar surface area (TPSA) is 66.4 Å². The lowest BCUT2D eigenvalue weighted by atomic mass is 9.84. The number of hydrogen-bond donors (Lipinski definition) is 1. The number of benzene rings is 1. The fourth-order valence-corrected chi connectivity index (χ4v) is 4.64. The zero-order valence-electron chi connectivity index (χ0n) is 18.8. The lowest BCUT2D eigenvalue weighted by Crippen LogP contribution is -2.51. The molecule has 1 amide bonds. The van der Waals surface area contributed by atoms with Crippen LogP contribution in [0.25, 0.3) is 0 Å². The Balaban J connectivity index is 0.00000320. The number of rotatable bonds is 5. The molecular weight excluding hydrogens is 495 g/mol. The molecule has 1 aromatic carbocycles. The zero-order chi connectivity index (χ0) is 21.0. The number of ether oxygens (including phenoxy) is 2. The molecule has 0 unspecified atom stereocenters. The Morgan fingerprint density at radius 1 is 1.17 bits per heavy atom. The van der Waals surface area contributed by atoms with Crippen LogP contribution < -0.4 is 14.8 Å². The number of hydrogen-bond acceptors (Lipinski definition) is 4. The number of carbonyl (C=O) groups is 1. The van der Waals surface area contributed by atoms with Gasteiger partial charge in [0, 0.05) is 40.8 Å². The molecule has 1 aliphatic heterocycles. The number of halogens is 1. The monoisotopic (exact) mass is 530 g/mol. The standard InChI is InChI=1S/C22H34N4O3.HI/c1-23-21(24-15-22(9-6-7-10-22)20(27)25(2)3)26-11-8-16-12-18(28-4)19(29-5)13-17(16)14-26;/h12-13H,6-11,14-15H2,1-5H3,(H,23,24);1H. The highest BCUT2D eigenvalue weighted by Gasteiger charge is 2.42. The molecule has 1 fully saturated rings. The van der Waals surface area contributed by atoms with Crippen LogP contribution in [0.1, 0.15) is 36.8 Å². The zero-order valence-corrected chi connectivity index (χ0v) is 21.1. The molecule has 1 N–H and O–H groups in total. The number of fused-ring (bicyclic) bond motifs is 1. The molecule has 1 aliphatic carbocycles. The quantitative estimate of drug-likeness (QED) is 0.361. The Morgan fingerprint density at radius 3 is 2.30 bits per heavy atom. The summed E-state index contributed by atoms with van der Waals surface area (Å²) >= 11 is 0. The summed E-state index contributed by atoms with van der Waals surface area (Å²) in [4.78, 5) is 21.3. The number of amides is 1. The lowest BCUT2D eigenvalue weighted by molar-refractivity contribution is -0.138. The van der Waals surface area contributed by atoms with Gasteiger partial charge in [0.15, 0.2) is 17.5 Å². The number of nitrogens with one attached hydrogen (secondary N) is 1. The van der Waals surface area contributed by atoms with E-state index in [4.69, 9.17) is 9.47 Å². The first kappa shape index (κ1) is 24.6. The van der Waals surface area contributed by atoms with Crippen molar-refractivity contribution in [1.82, 2.24) is 15.1 Å². The number of nitrogens with zero attached hydrogens (tertiary/aromatic N) is 3. The first-order chi connectivity index (χ1) is 13.9. The summed E-state index contributed by atoms with van der Waals surface area (Å²) in [5.41, 5.74) is 2.19. The molecule has 1 saturated carbocycles. The van der Waals surface area contributed by atoms with Gasteiger partial charge in [0.25, 0.3) is 0 Å². The van der Waals surface area contributed by atoms with Gasteiger partial charge in [-0.15, -0.1) is 24.0 Å². The van der Waals surface area contributed by atoms with Crippen molar-refractivity contribution in [3.05, 3.63) is 23.3 Å². The molecule has 30 heavy (non-hydrogen) atoms. The Hall–Kier alpha value is -1.71. The van der Waals surface area contributed by atoms with Gasteiger partial charge in [-0.2, -0.15) is 0 Å². The first-order valence-electron chi connectivity index (χ1n) is 10.3. The second-order valence-corrected chi connectivity index (χ2v) is 8.24. The number of methoxy groups -OCH3 is 2. The van der Waals surface area contributed by atoms with E-state index < -0.39 is 0 Å². The lowest BCUT2D eigenvalue weighted by Gasteiger charge is -2.35. The predicted octanol–water partition coefficient (Wildman–Crippen LogP) is 2.90. The Morgan fingerprint density at radius 2 is 1.77 bits per heavy atom. The smallest absolute Gasteiger partial charge is 0.230 e. The van der Waals surface area contributed by atoms with Gasteiger partial charge in [0.2, 0.25) is 5.91 Å². The Kier molecular flexibility index (Phi) is 8.63. The summed E-state index contributed by atoms with van der Waals surface area (Å²) < 4.78 is 10.9. The minimum atomic E-state index is -0.316. The van der Waals surface area contributed by atoms with Crippen molar-refractivity contribution in [3.63, 3.8) is 0 Å². The Labute approximate surface area is 197 Å². The van der Waals surface area contributed by atoms with Crippen LogP contribution in [0.3, 0.4) is 0 Å². The molecule has 0 spiro atoms. The van der Waals surface area contributed by atoms with Crippen molar-refractivity contribution in [3.8, 4) is 11.5 Å². The summed E-state index contributed by atoms with van der Waals surface area (Å²) in [6, 6.07) is 4.13. The average Bonchev–Trinajstić information content (AvgIpc) is 3.22. The second kappa shape index (κ2) is 10.5. The van der Waals surface area contributed by atoms with E-state index in [0.717, 1.165) is 62.7 Å². The van der Waals surface area contributed by atoms with Crippen LogP contribution in [0.15, 0.2) is 17.1 Å². The van der Waals surface area contributed by atoms with Gasteiger partial charge >= 0.3 is 0 Å². The molecular formula is C22H35IN4O3. The van der Waals surface area contributed by atoms with E-state index in [-0.39, 0.29) is 35.3 Å². The molecule has 0 saturated heterocycles. The SMILES string of the molecule is CN=C(NCC1(C(=O)N(C)C)CCCC1)N1CCc2cc(OC)c(OC)cc2C1.I. The molecule has 1 aromatic rings. The predicted molar refractivity (Wildman–Crippen MR) is 130 cm³/mol. The number of guanidine groups is 1. The molecule has 168 valence electrons. The number of aliphatic imine (C=N–C) groups is 1. The fraction of sp³-hybridized carbons (Fsp3) is 0.636. The maximum absolute atomic E-state index is 12.8. The van der Waals surface area contributed by atoms with Crippen LogP contribution in [-0.2, 0) is 17.8 Å². The van der Waals surface area contributed by atoms with E-state index in [0.29, 0.717) is 6.54 Å². The van der Waals surface area contributed by atoms with Crippen molar-refractivity contribution in [2.24, 2.45) is 10.4 Å². The first-order valence-corrected chi connectivity index (χ1v) is 10.3.